The molecule has 7 heteroatoms. The highest BCUT2D eigenvalue weighted by Crippen LogP contribution is 2.21. The van der Waals surface area contributed by atoms with E-state index in [1.807, 2.05) is 6.92 Å². The number of benzene rings is 1. The van der Waals surface area contributed by atoms with Crippen molar-refractivity contribution in [3.05, 3.63) is 24.3 Å². The first-order valence-electron chi connectivity index (χ1n) is 7.43. The molecule has 0 saturated carbocycles. The van der Waals surface area contributed by atoms with Crippen LogP contribution < -0.4 is 5.32 Å². The summed E-state index contributed by atoms with van der Waals surface area (Å²) in [6.07, 6.45) is 1.86. The first kappa shape index (κ1) is 16.9. The fraction of sp³-hybridized carbons (Fsp3) is 0.533. The number of carbonyl (C=O) groups is 1. The van der Waals surface area contributed by atoms with E-state index in [4.69, 9.17) is 4.74 Å². The predicted octanol–water partition coefficient (Wildman–Crippen LogP) is 1.83. The number of likely N-dealkylation sites (N-methyl/N-ethyl adjacent to an activating group) is 1. The third-order valence-electron chi connectivity index (χ3n) is 3.60. The standard InChI is InChI=1S/C15H22N2O4S/c1-3-17(11-14-5-4-10-21-14)22(19,20)15-8-6-13(7-9-15)16-12(2)18/h6-9,14H,3-5,10-11H2,1-2H3,(H,16,18)/t14-/m0/s1. The first-order chi connectivity index (χ1) is 10.4. The molecule has 1 N–H and O–H groups in total. The fourth-order valence-electron chi connectivity index (χ4n) is 2.48. The van der Waals surface area contributed by atoms with Gasteiger partial charge in [0.15, 0.2) is 0 Å². The molecule has 6 nitrogen and oxygen atoms in total. The summed E-state index contributed by atoms with van der Waals surface area (Å²) in [5, 5.41) is 2.62. The lowest BCUT2D eigenvalue weighted by Crippen LogP contribution is -2.37. The molecule has 22 heavy (non-hydrogen) atoms. The SMILES string of the molecule is CCN(C[C@@H]1CCCO1)S(=O)(=O)c1ccc(NC(C)=O)cc1. The van der Waals surface area contributed by atoms with Crippen molar-refractivity contribution >= 4 is 21.6 Å². The number of carbonyl (C=O) groups excluding carboxylic acids is 1. The third kappa shape index (κ3) is 4.06. The molecule has 1 heterocycles. The number of sulfonamides is 1. The average molecular weight is 326 g/mol. The van der Waals surface area contributed by atoms with E-state index in [9.17, 15) is 13.2 Å². The van der Waals surface area contributed by atoms with Gasteiger partial charge >= 0.3 is 0 Å². The number of nitrogens with one attached hydrogen (secondary N) is 1. The minimum Gasteiger partial charge on any atom is -0.377 e. The molecule has 0 aliphatic carbocycles. The molecule has 1 aliphatic heterocycles. The Morgan fingerprint density at radius 2 is 2.05 bits per heavy atom. The summed E-state index contributed by atoms with van der Waals surface area (Å²) >= 11 is 0. The molecule has 1 aromatic rings. The molecular weight excluding hydrogens is 304 g/mol. The van der Waals surface area contributed by atoms with Crippen molar-refractivity contribution < 1.29 is 17.9 Å². The van der Waals surface area contributed by atoms with Gasteiger partial charge in [0, 0.05) is 32.3 Å². The van der Waals surface area contributed by atoms with Crippen LogP contribution in [0.15, 0.2) is 29.2 Å². The Morgan fingerprint density at radius 3 is 2.55 bits per heavy atom. The fourth-order valence-corrected chi connectivity index (χ4v) is 3.96. The van der Waals surface area contributed by atoms with Gasteiger partial charge in [0.1, 0.15) is 0 Å². The number of hydrogen-bond donors (Lipinski definition) is 1. The normalized spacial score (nSPS) is 18.6. The van der Waals surface area contributed by atoms with Crippen LogP contribution in [0, 0.1) is 0 Å². The molecule has 122 valence electrons. The smallest absolute Gasteiger partial charge is 0.243 e. The second kappa shape index (κ2) is 7.21. The van der Waals surface area contributed by atoms with Crippen molar-refractivity contribution in [2.45, 2.75) is 37.7 Å². The predicted molar refractivity (Wildman–Crippen MR) is 84.2 cm³/mol. The highest BCUT2D eigenvalue weighted by atomic mass is 32.2. The monoisotopic (exact) mass is 326 g/mol. The van der Waals surface area contributed by atoms with E-state index < -0.39 is 10.0 Å². The molecule has 1 aliphatic rings. The van der Waals surface area contributed by atoms with Crippen LogP contribution in [0.4, 0.5) is 5.69 Å². The molecule has 1 fully saturated rings. The molecule has 0 unspecified atom stereocenters. The summed E-state index contributed by atoms with van der Waals surface area (Å²) < 4.78 is 32.3. The molecule has 1 atom stereocenters. The van der Waals surface area contributed by atoms with Crippen LogP contribution >= 0.6 is 0 Å². The zero-order valence-corrected chi connectivity index (χ0v) is 13.7. The number of anilines is 1. The van der Waals surface area contributed by atoms with E-state index in [-0.39, 0.29) is 16.9 Å². The zero-order chi connectivity index (χ0) is 16.2. The van der Waals surface area contributed by atoms with Crippen LogP contribution in [-0.4, -0.2) is 44.4 Å². The Bertz CT molecular complexity index is 607. The minimum atomic E-state index is -3.54. The van der Waals surface area contributed by atoms with Crippen molar-refractivity contribution in [1.82, 2.24) is 4.31 Å². The lowest BCUT2D eigenvalue weighted by Gasteiger charge is -2.23. The van der Waals surface area contributed by atoms with Gasteiger partial charge in [-0.3, -0.25) is 4.79 Å². The number of nitrogens with zero attached hydrogens (tertiary/aromatic N) is 1. The second-order valence-electron chi connectivity index (χ2n) is 5.30. The van der Waals surface area contributed by atoms with Gasteiger partial charge < -0.3 is 10.1 Å². The minimum absolute atomic E-state index is 0.0200. The Morgan fingerprint density at radius 1 is 1.36 bits per heavy atom. The summed E-state index contributed by atoms with van der Waals surface area (Å²) in [4.78, 5) is 11.2. The maximum Gasteiger partial charge on any atom is 0.243 e. The van der Waals surface area contributed by atoms with E-state index in [2.05, 4.69) is 5.32 Å². The van der Waals surface area contributed by atoms with Crippen LogP contribution in [0.5, 0.6) is 0 Å². The largest absolute Gasteiger partial charge is 0.377 e. The average Bonchev–Trinajstić information content (AvgIpc) is 2.97. The van der Waals surface area contributed by atoms with Crippen molar-refractivity contribution in [2.24, 2.45) is 0 Å². The number of rotatable bonds is 6. The quantitative estimate of drug-likeness (QED) is 0.865. The first-order valence-corrected chi connectivity index (χ1v) is 8.87. The van der Waals surface area contributed by atoms with Gasteiger partial charge in [-0.15, -0.1) is 0 Å². The van der Waals surface area contributed by atoms with Gasteiger partial charge in [0.25, 0.3) is 0 Å². The molecule has 0 spiro atoms. The van der Waals surface area contributed by atoms with E-state index in [1.54, 1.807) is 12.1 Å². The number of ether oxygens (including phenoxy) is 1. The molecule has 1 aromatic carbocycles. The van der Waals surface area contributed by atoms with E-state index in [0.717, 1.165) is 12.8 Å². The van der Waals surface area contributed by atoms with Crippen molar-refractivity contribution in [3.8, 4) is 0 Å². The van der Waals surface area contributed by atoms with E-state index >= 15 is 0 Å². The van der Waals surface area contributed by atoms with Gasteiger partial charge in [0.05, 0.1) is 11.0 Å². The maximum atomic E-state index is 12.7. The lowest BCUT2D eigenvalue weighted by atomic mass is 10.2. The molecule has 0 bridgehead atoms. The molecule has 1 amide bonds. The summed E-state index contributed by atoms with van der Waals surface area (Å²) in [6.45, 7) is 4.71. The Labute approximate surface area is 131 Å². The molecule has 0 radical (unpaired) electrons. The second-order valence-corrected chi connectivity index (χ2v) is 7.23. The molecule has 0 aromatic heterocycles. The third-order valence-corrected chi connectivity index (χ3v) is 5.55. The number of hydrogen-bond acceptors (Lipinski definition) is 4. The summed E-state index contributed by atoms with van der Waals surface area (Å²) in [6, 6.07) is 6.21. The van der Waals surface area contributed by atoms with Crippen LogP contribution in [0.3, 0.4) is 0 Å². The molecular formula is C15H22N2O4S. The zero-order valence-electron chi connectivity index (χ0n) is 12.9. The van der Waals surface area contributed by atoms with Gasteiger partial charge in [-0.1, -0.05) is 6.92 Å². The van der Waals surface area contributed by atoms with Crippen molar-refractivity contribution in [2.75, 3.05) is 25.0 Å². The van der Waals surface area contributed by atoms with Crippen molar-refractivity contribution in [1.29, 1.82) is 0 Å². The molecule has 2 rings (SSSR count). The molecule has 1 saturated heterocycles. The van der Waals surface area contributed by atoms with Gasteiger partial charge in [-0.2, -0.15) is 4.31 Å². The van der Waals surface area contributed by atoms with Gasteiger partial charge in [-0.05, 0) is 37.1 Å². The Kier molecular flexibility index (Phi) is 5.55. The van der Waals surface area contributed by atoms with E-state index in [0.29, 0.717) is 25.4 Å². The van der Waals surface area contributed by atoms with Crippen LogP contribution in [-0.2, 0) is 19.6 Å². The summed E-state index contributed by atoms with van der Waals surface area (Å²) in [7, 11) is -3.54. The maximum absolute atomic E-state index is 12.7. The topological polar surface area (TPSA) is 75.7 Å². The van der Waals surface area contributed by atoms with Crippen LogP contribution in [0.2, 0.25) is 0 Å². The van der Waals surface area contributed by atoms with Crippen LogP contribution in [0.25, 0.3) is 0 Å². The van der Waals surface area contributed by atoms with Gasteiger partial charge in [0.2, 0.25) is 15.9 Å². The van der Waals surface area contributed by atoms with Gasteiger partial charge in [-0.25, -0.2) is 8.42 Å². The van der Waals surface area contributed by atoms with E-state index in [1.165, 1.54) is 23.4 Å². The summed E-state index contributed by atoms with van der Waals surface area (Å²) in [5.74, 6) is -0.191. The Balaban J connectivity index is 2.14. The number of amides is 1. The van der Waals surface area contributed by atoms with Crippen LogP contribution in [0.1, 0.15) is 26.7 Å². The van der Waals surface area contributed by atoms with Crippen molar-refractivity contribution in [3.63, 3.8) is 0 Å². The Hall–Kier alpha value is -1.44. The highest BCUT2D eigenvalue weighted by molar-refractivity contribution is 7.89. The highest BCUT2D eigenvalue weighted by Gasteiger charge is 2.27. The lowest BCUT2D eigenvalue weighted by molar-refractivity contribution is -0.114. The summed E-state index contributed by atoms with van der Waals surface area (Å²) in [5.41, 5.74) is 0.577.